The standard InChI is InChI=1S/C17H24FN3/c1-5-16-15(11-19-12(3)4)17(6-2)21(20-16)14-9-7-8-13(18)10-14/h7-10,12,19H,5-6,11H2,1-4H3. The van der Waals surface area contributed by atoms with Crippen molar-refractivity contribution in [3.8, 4) is 5.69 Å². The Morgan fingerprint density at radius 3 is 2.57 bits per heavy atom. The smallest absolute Gasteiger partial charge is 0.125 e. The zero-order valence-corrected chi connectivity index (χ0v) is 13.3. The van der Waals surface area contributed by atoms with Crippen molar-refractivity contribution in [3.63, 3.8) is 0 Å². The van der Waals surface area contributed by atoms with Crippen LogP contribution in [0.5, 0.6) is 0 Å². The van der Waals surface area contributed by atoms with Gasteiger partial charge in [-0.15, -0.1) is 0 Å². The van der Waals surface area contributed by atoms with E-state index in [9.17, 15) is 4.39 Å². The van der Waals surface area contributed by atoms with Gasteiger partial charge in [0, 0.05) is 23.8 Å². The van der Waals surface area contributed by atoms with Gasteiger partial charge in [0.05, 0.1) is 11.4 Å². The number of halogens is 1. The number of hydrogen-bond donors (Lipinski definition) is 1. The monoisotopic (exact) mass is 289 g/mol. The highest BCUT2D eigenvalue weighted by molar-refractivity contribution is 5.38. The molecule has 4 heteroatoms. The molecule has 0 aliphatic heterocycles. The Balaban J connectivity index is 2.47. The molecule has 0 atom stereocenters. The van der Waals surface area contributed by atoms with Crippen LogP contribution in [0.1, 0.15) is 44.6 Å². The van der Waals surface area contributed by atoms with Crippen LogP contribution in [-0.2, 0) is 19.4 Å². The Morgan fingerprint density at radius 2 is 2.00 bits per heavy atom. The Bertz CT molecular complexity index is 602. The SMILES string of the molecule is CCc1nn(-c2cccc(F)c2)c(CC)c1CNC(C)C. The number of nitrogens with one attached hydrogen (secondary N) is 1. The molecular formula is C17H24FN3. The second-order valence-corrected chi connectivity index (χ2v) is 5.51. The van der Waals surface area contributed by atoms with Gasteiger partial charge in [0.2, 0.25) is 0 Å². The highest BCUT2D eigenvalue weighted by Gasteiger charge is 2.16. The van der Waals surface area contributed by atoms with Crippen LogP contribution in [0.25, 0.3) is 5.69 Å². The third-order valence-corrected chi connectivity index (χ3v) is 3.58. The minimum absolute atomic E-state index is 0.232. The number of rotatable bonds is 6. The van der Waals surface area contributed by atoms with Crippen LogP contribution in [0.2, 0.25) is 0 Å². The minimum Gasteiger partial charge on any atom is -0.310 e. The van der Waals surface area contributed by atoms with Gasteiger partial charge in [-0.1, -0.05) is 33.8 Å². The lowest BCUT2D eigenvalue weighted by Crippen LogP contribution is -2.23. The molecule has 0 amide bonds. The van der Waals surface area contributed by atoms with Crippen LogP contribution >= 0.6 is 0 Å². The Kier molecular flexibility index (Phi) is 5.12. The first-order valence-corrected chi connectivity index (χ1v) is 7.65. The predicted octanol–water partition coefficient (Wildman–Crippen LogP) is 3.63. The zero-order chi connectivity index (χ0) is 15.4. The van der Waals surface area contributed by atoms with Crippen LogP contribution in [0.4, 0.5) is 4.39 Å². The second-order valence-electron chi connectivity index (χ2n) is 5.51. The van der Waals surface area contributed by atoms with Crippen LogP contribution in [0.15, 0.2) is 24.3 Å². The molecule has 2 aromatic rings. The van der Waals surface area contributed by atoms with Gasteiger partial charge in [0.25, 0.3) is 0 Å². The van der Waals surface area contributed by atoms with Crippen molar-refractivity contribution in [2.75, 3.05) is 0 Å². The molecule has 21 heavy (non-hydrogen) atoms. The number of nitrogens with zero attached hydrogens (tertiary/aromatic N) is 2. The summed E-state index contributed by atoms with van der Waals surface area (Å²) in [6.07, 6.45) is 1.75. The topological polar surface area (TPSA) is 29.9 Å². The van der Waals surface area contributed by atoms with E-state index < -0.39 is 0 Å². The summed E-state index contributed by atoms with van der Waals surface area (Å²) in [5.74, 6) is -0.232. The molecule has 0 spiro atoms. The molecule has 1 aromatic carbocycles. The molecule has 0 aliphatic carbocycles. The zero-order valence-electron chi connectivity index (χ0n) is 13.3. The first kappa shape index (κ1) is 15.7. The molecule has 0 unspecified atom stereocenters. The molecule has 1 aromatic heterocycles. The quantitative estimate of drug-likeness (QED) is 0.880. The average Bonchev–Trinajstić information content (AvgIpc) is 2.82. The van der Waals surface area contributed by atoms with Gasteiger partial charge in [-0.3, -0.25) is 0 Å². The molecule has 0 saturated heterocycles. The summed E-state index contributed by atoms with van der Waals surface area (Å²) in [7, 11) is 0. The van der Waals surface area contributed by atoms with Crippen molar-refractivity contribution in [3.05, 3.63) is 47.0 Å². The van der Waals surface area contributed by atoms with E-state index in [1.807, 2.05) is 10.7 Å². The lowest BCUT2D eigenvalue weighted by molar-refractivity contribution is 0.584. The largest absolute Gasteiger partial charge is 0.310 e. The van der Waals surface area contributed by atoms with E-state index in [2.05, 4.69) is 33.0 Å². The van der Waals surface area contributed by atoms with Crippen LogP contribution in [0.3, 0.4) is 0 Å². The summed E-state index contributed by atoms with van der Waals surface area (Å²) in [5, 5.41) is 8.16. The van der Waals surface area contributed by atoms with Gasteiger partial charge in [-0.05, 0) is 31.0 Å². The van der Waals surface area contributed by atoms with Crippen molar-refractivity contribution in [2.45, 2.75) is 53.1 Å². The van der Waals surface area contributed by atoms with Gasteiger partial charge < -0.3 is 5.32 Å². The average molecular weight is 289 g/mol. The van der Waals surface area contributed by atoms with Crippen molar-refractivity contribution in [1.29, 1.82) is 0 Å². The van der Waals surface area contributed by atoms with E-state index in [0.29, 0.717) is 6.04 Å². The summed E-state index contributed by atoms with van der Waals surface area (Å²) >= 11 is 0. The normalized spacial score (nSPS) is 11.3. The molecular weight excluding hydrogens is 265 g/mol. The summed E-state index contributed by atoms with van der Waals surface area (Å²) in [5.41, 5.74) is 4.28. The molecule has 2 rings (SSSR count). The van der Waals surface area contributed by atoms with Gasteiger partial charge in [-0.2, -0.15) is 5.10 Å². The minimum atomic E-state index is -0.232. The van der Waals surface area contributed by atoms with Crippen molar-refractivity contribution in [2.24, 2.45) is 0 Å². The molecule has 114 valence electrons. The van der Waals surface area contributed by atoms with E-state index in [1.165, 1.54) is 17.7 Å². The predicted molar refractivity (Wildman–Crippen MR) is 84.3 cm³/mol. The highest BCUT2D eigenvalue weighted by Crippen LogP contribution is 2.21. The Hall–Kier alpha value is -1.68. The van der Waals surface area contributed by atoms with Gasteiger partial charge >= 0.3 is 0 Å². The summed E-state index contributed by atoms with van der Waals surface area (Å²) in [4.78, 5) is 0. The van der Waals surface area contributed by atoms with E-state index in [4.69, 9.17) is 5.10 Å². The lowest BCUT2D eigenvalue weighted by atomic mass is 10.1. The van der Waals surface area contributed by atoms with Crippen LogP contribution < -0.4 is 5.32 Å². The molecule has 1 heterocycles. The van der Waals surface area contributed by atoms with E-state index >= 15 is 0 Å². The highest BCUT2D eigenvalue weighted by atomic mass is 19.1. The maximum atomic E-state index is 13.5. The summed E-state index contributed by atoms with van der Waals surface area (Å²) < 4.78 is 15.4. The number of aryl methyl sites for hydroxylation is 1. The number of benzene rings is 1. The Labute approximate surface area is 126 Å². The molecule has 0 bridgehead atoms. The maximum absolute atomic E-state index is 13.5. The molecule has 0 radical (unpaired) electrons. The van der Waals surface area contributed by atoms with E-state index in [0.717, 1.165) is 36.5 Å². The van der Waals surface area contributed by atoms with Crippen LogP contribution in [0, 0.1) is 5.82 Å². The van der Waals surface area contributed by atoms with Crippen molar-refractivity contribution in [1.82, 2.24) is 15.1 Å². The fourth-order valence-electron chi connectivity index (χ4n) is 2.51. The number of hydrogen-bond acceptors (Lipinski definition) is 2. The fraction of sp³-hybridized carbons (Fsp3) is 0.471. The Morgan fingerprint density at radius 1 is 1.24 bits per heavy atom. The third-order valence-electron chi connectivity index (χ3n) is 3.58. The summed E-state index contributed by atoms with van der Waals surface area (Å²) in [6, 6.07) is 7.04. The third kappa shape index (κ3) is 3.50. The fourth-order valence-corrected chi connectivity index (χ4v) is 2.51. The summed E-state index contributed by atoms with van der Waals surface area (Å²) in [6.45, 7) is 9.30. The number of aromatic nitrogens is 2. The van der Waals surface area contributed by atoms with Gasteiger partial charge in [0.1, 0.15) is 5.82 Å². The van der Waals surface area contributed by atoms with Crippen molar-refractivity contribution < 1.29 is 4.39 Å². The maximum Gasteiger partial charge on any atom is 0.125 e. The molecule has 0 fully saturated rings. The second kappa shape index (κ2) is 6.85. The molecule has 0 saturated carbocycles. The molecule has 1 N–H and O–H groups in total. The lowest BCUT2D eigenvalue weighted by Gasteiger charge is -2.11. The first-order chi connectivity index (χ1) is 10.1. The van der Waals surface area contributed by atoms with Crippen LogP contribution in [-0.4, -0.2) is 15.8 Å². The van der Waals surface area contributed by atoms with E-state index in [1.54, 1.807) is 6.07 Å². The molecule has 0 aliphatic rings. The molecule has 3 nitrogen and oxygen atoms in total. The van der Waals surface area contributed by atoms with E-state index in [-0.39, 0.29) is 5.82 Å². The van der Waals surface area contributed by atoms with Gasteiger partial charge in [0.15, 0.2) is 0 Å². The first-order valence-electron chi connectivity index (χ1n) is 7.65. The van der Waals surface area contributed by atoms with Crippen molar-refractivity contribution >= 4 is 0 Å². The van der Waals surface area contributed by atoms with Gasteiger partial charge in [-0.25, -0.2) is 9.07 Å².